The molecule has 0 aromatic heterocycles. The minimum absolute atomic E-state index is 0.143. The summed E-state index contributed by atoms with van der Waals surface area (Å²) in [5.41, 5.74) is 0. The number of ether oxygens (including phenoxy) is 1. The predicted octanol–water partition coefficient (Wildman–Crippen LogP) is 1.82. The van der Waals surface area contributed by atoms with E-state index in [1.807, 2.05) is 0 Å². The van der Waals surface area contributed by atoms with E-state index in [0.29, 0.717) is 5.92 Å². The Morgan fingerprint density at radius 3 is 2.45 bits per heavy atom. The van der Waals surface area contributed by atoms with E-state index in [9.17, 15) is 5.11 Å². The van der Waals surface area contributed by atoms with Crippen molar-refractivity contribution < 1.29 is 9.84 Å². The van der Waals surface area contributed by atoms with E-state index in [4.69, 9.17) is 4.74 Å². The number of hydrogen-bond acceptors (Lipinski definition) is 2. The number of aliphatic hydroxyl groups is 1. The van der Waals surface area contributed by atoms with Crippen molar-refractivity contribution in [1.82, 2.24) is 0 Å². The normalized spacial score (nSPS) is 16.4. The average Bonchev–Trinajstić information content (AvgIpc) is 2.00. The second-order valence-corrected chi connectivity index (χ2v) is 3.11. The highest BCUT2D eigenvalue weighted by Crippen LogP contribution is 2.12. The summed E-state index contributed by atoms with van der Waals surface area (Å²) in [7, 11) is 1.69. The van der Waals surface area contributed by atoms with Crippen LogP contribution in [0.15, 0.2) is 0 Å². The molecule has 0 fully saturated rings. The molecule has 68 valence electrons. The van der Waals surface area contributed by atoms with Gasteiger partial charge in [0, 0.05) is 13.7 Å². The molecule has 0 saturated heterocycles. The molecule has 2 unspecified atom stereocenters. The van der Waals surface area contributed by atoms with Gasteiger partial charge in [0.25, 0.3) is 0 Å². The average molecular weight is 160 g/mol. The summed E-state index contributed by atoms with van der Waals surface area (Å²) in [6.07, 6.45) is 2.77. The molecule has 11 heavy (non-hydrogen) atoms. The van der Waals surface area contributed by atoms with Crippen LogP contribution in [0.5, 0.6) is 0 Å². The van der Waals surface area contributed by atoms with Gasteiger partial charge in [0.15, 0.2) is 0 Å². The van der Waals surface area contributed by atoms with Gasteiger partial charge in [-0.05, 0) is 18.8 Å². The lowest BCUT2D eigenvalue weighted by atomic mass is 9.98. The van der Waals surface area contributed by atoms with Crippen LogP contribution >= 0.6 is 0 Å². The van der Waals surface area contributed by atoms with E-state index in [0.717, 1.165) is 25.9 Å². The summed E-state index contributed by atoms with van der Waals surface area (Å²) in [6, 6.07) is 0. The summed E-state index contributed by atoms with van der Waals surface area (Å²) in [5.74, 6) is 0.370. The first-order valence-corrected chi connectivity index (χ1v) is 4.39. The van der Waals surface area contributed by atoms with E-state index in [1.54, 1.807) is 7.11 Å². The molecule has 0 aromatic rings. The van der Waals surface area contributed by atoms with Gasteiger partial charge in [0.05, 0.1) is 6.10 Å². The third kappa shape index (κ3) is 5.22. The van der Waals surface area contributed by atoms with Crippen molar-refractivity contribution in [3.8, 4) is 0 Å². The van der Waals surface area contributed by atoms with Crippen LogP contribution in [0.4, 0.5) is 0 Å². The second-order valence-electron chi connectivity index (χ2n) is 3.11. The van der Waals surface area contributed by atoms with E-state index in [1.165, 1.54) is 0 Å². The van der Waals surface area contributed by atoms with Crippen molar-refractivity contribution in [2.24, 2.45) is 5.92 Å². The molecule has 2 atom stereocenters. The van der Waals surface area contributed by atoms with Gasteiger partial charge in [0.1, 0.15) is 0 Å². The fraction of sp³-hybridized carbons (Fsp3) is 1.00. The van der Waals surface area contributed by atoms with E-state index >= 15 is 0 Å². The first-order chi connectivity index (χ1) is 5.22. The smallest absolute Gasteiger partial charge is 0.0566 e. The predicted molar refractivity (Wildman–Crippen MR) is 46.6 cm³/mol. The van der Waals surface area contributed by atoms with Crippen molar-refractivity contribution in [2.45, 2.75) is 39.2 Å². The minimum Gasteiger partial charge on any atom is -0.393 e. The molecule has 0 aliphatic carbocycles. The maximum Gasteiger partial charge on any atom is 0.0566 e. The third-order valence-corrected chi connectivity index (χ3v) is 2.02. The molecule has 0 radical (unpaired) electrons. The summed E-state index contributed by atoms with van der Waals surface area (Å²) in [6.45, 7) is 4.91. The zero-order chi connectivity index (χ0) is 8.69. The highest BCUT2D eigenvalue weighted by Gasteiger charge is 2.11. The first-order valence-electron chi connectivity index (χ1n) is 4.39. The molecule has 0 saturated carbocycles. The molecule has 0 rings (SSSR count). The van der Waals surface area contributed by atoms with Crippen LogP contribution in [0.3, 0.4) is 0 Å². The number of aliphatic hydroxyl groups excluding tert-OH is 1. The maximum absolute atomic E-state index is 9.49. The lowest BCUT2D eigenvalue weighted by Gasteiger charge is -2.17. The lowest BCUT2D eigenvalue weighted by molar-refractivity contribution is 0.0814. The zero-order valence-electron chi connectivity index (χ0n) is 7.84. The highest BCUT2D eigenvalue weighted by molar-refractivity contribution is 4.63. The Labute approximate surface area is 69.6 Å². The topological polar surface area (TPSA) is 29.5 Å². The van der Waals surface area contributed by atoms with Gasteiger partial charge in [-0.2, -0.15) is 0 Å². The molecular weight excluding hydrogens is 140 g/mol. The Morgan fingerprint density at radius 1 is 1.36 bits per heavy atom. The fourth-order valence-corrected chi connectivity index (χ4v) is 1.08. The van der Waals surface area contributed by atoms with Crippen LogP contribution in [0.25, 0.3) is 0 Å². The van der Waals surface area contributed by atoms with E-state index in [-0.39, 0.29) is 6.10 Å². The SMILES string of the molecule is CCCC(O)C(C)CCOC. The Hall–Kier alpha value is -0.0800. The molecule has 0 aliphatic rings. The van der Waals surface area contributed by atoms with Crippen LogP contribution in [0.1, 0.15) is 33.1 Å². The van der Waals surface area contributed by atoms with Crippen LogP contribution in [-0.4, -0.2) is 24.9 Å². The molecule has 0 amide bonds. The molecule has 1 N–H and O–H groups in total. The van der Waals surface area contributed by atoms with Crippen molar-refractivity contribution in [1.29, 1.82) is 0 Å². The zero-order valence-corrected chi connectivity index (χ0v) is 7.84. The maximum atomic E-state index is 9.49. The third-order valence-electron chi connectivity index (χ3n) is 2.02. The molecule has 2 heteroatoms. The van der Waals surface area contributed by atoms with Crippen LogP contribution < -0.4 is 0 Å². The lowest BCUT2D eigenvalue weighted by Crippen LogP contribution is -2.18. The minimum atomic E-state index is -0.143. The standard InChI is InChI=1S/C9H20O2/c1-4-5-9(10)8(2)6-7-11-3/h8-10H,4-7H2,1-3H3. The van der Waals surface area contributed by atoms with Crippen molar-refractivity contribution >= 4 is 0 Å². The molecule has 0 spiro atoms. The number of methoxy groups -OCH3 is 1. The summed E-state index contributed by atoms with van der Waals surface area (Å²) < 4.78 is 4.93. The monoisotopic (exact) mass is 160 g/mol. The van der Waals surface area contributed by atoms with Gasteiger partial charge < -0.3 is 9.84 Å². The van der Waals surface area contributed by atoms with Crippen molar-refractivity contribution in [3.63, 3.8) is 0 Å². The van der Waals surface area contributed by atoms with Gasteiger partial charge in [-0.25, -0.2) is 0 Å². The Balaban J connectivity index is 3.38. The largest absolute Gasteiger partial charge is 0.393 e. The van der Waals surface area contributed by atoms with E-state index in [2.05, 4.69) is 13.8 Å². The molecule has 0 bridgehead atoms. The highest BCUT2D eigenvalue weighted by atomic mass is 16.5. The molecule has 0 aromatic carbocycles. The second kappa shape index (κ2) is 6.62. The Kier molecular flexibility index (Phi) is 6.57. The summed E-state index contributed by atoms with van der Waals surface area (Å²) in [4.78, 5) is 0. The van der Waals surface area contributed by atoms with Crippen LogP contribution in [0, 0.1) is 5.92 Å². The van der Waals surface area contributed by atoms with Gasteiger partial charge in [-0.15, -0.1) is 0 Å². The van der Waals surface area contributed by atoms with E-state index < -0.39 is 0 Å². The Bertz CT molecular complexity index is 83.6. The fourth-order valence-electron chi connectivity index (χ4n) is 1.08. The van der Waals surface area contributed by atoms with Crippen molar-refractivity contribution in [2.75, 3.05) is 13.7 Å². The number of hydrogen-bond donors (Lipinski definition) is 1. The van der Waals surface area contributed by atoms with Crippen LogP contribution in [-0.2, 0) is 4.74 Å². The molecular formula is C9H20O2. The Morgan fingerprint density at radius 2 is 2.00 bits per heavy atom. The van der Waals surface area contributed by atoms with Crippen LogP contribution in [0.2, 0.25) is 0 Å². The summed E-state index contributed by atoms with van der Waals surface area (Å²) >= 11 is 0. The molecule has 0 aliphatic heterocycles. The molecule has 0 heterocycles. The van der Waals surface area contributed by atoms with Crippen molar-refractivity contribution in [3.05, 3.63) is 0 Å². The number of rotatable bonds is 6. The molecule has 2 nitrogen and oxygen atoms in total. The first kappa shape index (κ1) is 10.9. The quantitative estimate of drug-likeness (QED) is 0.642. The van der Waals surface area contributed by atoms with Gasteiger partial charge in [-0.1, -0.05) is 20.3 Å². The van der Waals surface area contributed by atoms with Gasteiger partial charge in [0.2, 0.25) is 0 Å². The van der Waals surface area contributed by atoms with Gasteiger partial charge >= 0.3 is 0 Å². The summed E-state index contributed by atoms with van der Waals surface area (Å²) in [5, 5.41) is 9.49. The van der Waals surface area contributed by atoms with Gasteiger partial charge in [-0.3, -0.25) is 0 Å².